The van der Waals surface area contributed by atoms with Gasteiger partial charge in [0.15, 0.2) is 0 Å². The van der Waals surface area contributed by atoms with E-state index in [4.69, 9.17) is 0 Å². The second kappa shape index (κ2) is 10.0. The number of aryl methyl sites for hydroxylation is 2. The molecule has 0 bridgehead atoms. The van der Waals surface area contributed by atoms with Crippen LogP contribution < -0.4 is 5.32 Å². The van der Waals surface area contributed by atoms with Crippen LogP contribution in [0.2, 0.25) is 0 Å². The van der Waals surface area contributed by atoms with Crippen molar-refractivity contribution >= 4 is 21.6 Å². The van der Waals surface area contributed by atoms with Gasteiger partial charge in [-0.15, -0.1) is 0 Å². The topological polar surface area (TPSA) is 66.5 Å². The Morgan fingerprint density at radius 1 is 1.15 bits per heavy atom. The first-order chi connectivity index (χ1) is 12.8. The third-order valence-corrected chi connectivity index (χ3v) is 6.37. The van der Waals surface area contributed by atoms with E-state index < -0.39 is 10.0 Å². The molecule has 0 heterocycles. The number of para-hydroxylation sites is 1. The van der Waals surface area contributed by atoms with Gasteiger partial charge in [0, 0.05) is 12.2 Å². The minimum atomic E-state index is -3.44. The summed E-state index contributed by atoms with van der Waals surface area (Å²) in [5.74, 6) is -0.284. The Balaban J connectivity index is 2.07. The van der Waals surface area contributed by atoms with Crippen LogP contribution in [-0.2, 0) is 27.7 Å². The highest BCUT2D eigenvalue weighted by molar-refractivity contribution is 7.88. The number of hydrogen-bond donors (Lipinski definition) is 1. The number of sulfonamides is 1. The molecule has 1 N–H and O–H groups in total. The second-order valence-corrected chi connectivity index (χ2v) is 9.14. The van der Waals surface area contributed by atoms with E-state index in [1.165, 1.54) is 29.0 Å². The summed E-state index contributed by atoms with van der Waals surface area (Å²) in [6.07, 6.45) is 10.2. The predicted octanol–water partition coefficient (Wildman–Crippen LogP) is 3.90. The average molecular weight is 393 g/mol. The fourth-order valence-corrected chi connectivity index (χ4v) is 4.28. The van der Waals surface area contributed by atoms with E-state index in [0.717, 1.165) is 42.5 Å². The lowest BCUT2D eigenvalue weighted by Crippen LogP contribution is -2.38. The Kier molecular flexibility index (Phi) is 8.05. The van der Waals surface area contributed by atoms with Crippen molar-refractivity contribution < 1.29 is 13.2 Å². The van der Waals surface area contributed by atoms with Crippen LogP contribution in [0.3, 0.4) is 0 Å². The van der Waals surface area contributed by atoms with Crippen molar-refractivity contribution in [3.63, 3.8) is 0 Å². The highest BCUT2D eigenvalue weighted by atomic mass is 32.2. The lowest BCUT2D eigenvalue weighted by atomic mass is 9.97. The van der Waals surface area contributed by atoms with Crippen LogP contribution >= 0.6 is 0 Å². The van der Waals surface area contributed by atoms with E-state index >= 15 is 0 Å². The number of allylic oxidation sites excluding steroid dienone is 1. The van der Waals surface area contributed by atoms with Gasteiger partial charge in [0.25, 0.3) is 0 Å². The standard InChI is InChI=1S/C21H32N2O3S/c1-4-18-12-9-13-19(5-2)21(18)22-20(24)16-23(27(3,25)26)15-14-17-10-7-6-8-11-17/h9-10,12-13H,4-8,11,14-16H2,1-3H3,(H,22,24). The summed E-state index contributed by atoms with van der Waals surface area (Å²) in [6.45, 7) is 4.30. The number of rotatable bonds is 9. The maximum Gasteiger partial charge on any atom is 0.239 e. The van der Waals surface area contributed by atoms with Gasteiger partial charge in [-0.2, -0.15) is 4.31 Å². The number of nitrogens with one attached hydrogen (secondary N) is 1. The molecule has 1 aliphatic carbocycles. The van der Waals surface area contributed by atoms with Gasteiger partial charge in [-0.3, -0.25) is 4.79 Å². The van der Waals surface area contributed by atoms with Crippen LogP contribution in [0.25, 0.3) is 0 Å². The average Bonchev–Trinajstić information content (AvgIpc) is 2.65. The molecular formula is C21H32N2O3S. The minimum Gasteiger partial charge on any atom is -0.324 e. The van der Waals surface area contributed by atoms with Gasteiger partial charge in [-0.1, -0.05) is 43.7 Å². The molecule has 1 aromatic rings. The Morgan fingerprint density at radius 2 is 1.81 bits per heavy atom. The Bertz CT molecular complexity index is 762. The summed E-state index contributed by atoms with van der Waals surface area (Å²) in [6, 6.07) is 5.99. The molecule has 1 aromatic carbocycles. The Hall–Kier alpha value is -1.66. The van der Waals surface area contributed by atoms with Gasteiger partial charge in [-0.05, 0) is 56.1 Å². The monoisotopic (exact) mass is 392 g/mol. The van der Waals surface area contributed by atoms with Crippen molar-refractivity contribution in [2.24, 2.45) is 0 Å². The normalized spacial score (nSPS) is 14.9. The van der Waals surface area contributed by atoms with Gasteiger partial charge in [-0.25, -0.2) is 8.42 Å². The number of carbonyl (C=O) groups is 1. The van der Waals surface area contributed by atoms with Crippen LogP contribution in [0, 0.1) is 0 Å². The number of nitrogens with zero attached hydrogens (tertiary/aromatic N) is 1. The molecule has 0 saturated heterocycles. The summed E-state index contributed by atoms with van der Waals surface area (Å²) in [4.78, 5) is 12.6. The molecule has 27 heavy (non-hydrogen) atoms. The van der Waals surface area contributed by atoms with Crippen LogP contribution in [0.5, 0.6) is 0 Å². The van der Waals surface area contributed by atoms with Gasteiger partial charge in [0.2, 0.25) is 15.9 Å². The van der Waals surface area contributed by atoms with Crippen LogP contribution in [0.15, 0.2) is 29.8 Å². The van der Waals surface area contributed by atoms with Crippen molar-refractivity contribution in [3.8, 4) is 0 Å². The Morgan fingerprint density at radius 3 is 2.33 bits per heavy atom. The molecule has 2 rings (SSSR count). The van der Waals surface area contributed by atoms with Gasteiger partial charge < -0.3 is 5.32 Å². The molecule has 0 unspecified atom stereocenters. The molecule has 0 saturated carbocycles. The summed E-state index contributed by atoms with van der Waals surface area (Å²) in [5.41, 5.74) is 4.28. The smallest absolute Gasteiger partial charge is 0.239 e. The third-order valence-electron chi connectivity index (χ3n) is 5.12. The highest BCUT2D eigenvalue weighted by Crippen LogP contribution is 2.23. The number of benzene rings is 1. The van der Waals surface area contributed by atoms with Gasteiger partial charge in [0.1, 0.15) is 0 Å². The fourth-order valence-electron chi connectivity index (χ4n) is 3.50. The molecule has 0 spiro atoms. The van der Waals surface area contributed by atoms with E-state index in [1.54, 1.807) is 0 Å². The largest absolute Gasteiger partial charge is 0.324 e. The van der Waals surface area contributed by atoms with E-state index in [0.29, 0.717) is 13.0 Å². The maximum absolute atomic E-state index is 12.6. The molecular weight excluding hydrogens is 360 g/mol. The number of hydrogen-bond acceptors (Lipinski definition) is 3. The summed E-state index contributed by atoms with van der Waals surface area (Å²) in [7, 11) is -3.44. The van der Waals surface area contributed by atoms with E-state index in [2.05, 4.69) is 11.4 Å². The lowest BCUT2D eigenvalue weighted by Gasteiger charge is -2.22. The number of carbonyl (C=O) groups excluding carboxylic acids is 1. The first-order valence-corrected chi connectivity index (χ1v) is 11.7. The van der Waals surface area contributed by atoms with Crippen LogP contribution in [0.4, 0.5) is 5.69 Å². The molecule has 0 atom stereocenters. The van der Waals surface area contributed by atoms with E-state index in [9.17, 15) is 13.2 Å². The Labute approximate surface area is 163 Å². The van der Waals surface area contributed by atoms with E-state index in [1.807, 2.05) is 32.0 Å². The van der Waals surface area contributed by atoms with Crippen molar-refractivity contribution in [1.82, 2.24) is 4.31 Å². The SMILES string of the molecule is CCc1cccc(CC)c1NC(=O)CN(CCC1=CCCCC1)S(C)(=O)=O. The third kappa shape index (κ3) is 6.47. The zero-order valence-electron chi connectivity index (χ0n) is 16.8. The van der Waals surface area contributed by atoms with Crippen LogP contribution in [0.1, 0.15) is 57.1 Å². The molecule has 0 radical (unpaired) electrons. The fraction of sp³-hybridized carbons (Fsp3) is 0.571. The molecule has 0 fully saturated rings. The zero-order valence-corrected chi connectivity index (χ0v) is 17.6. The van der Waals surface area contributed by atoms with Gasteiger partial charge >= 0.3 is 0 Å². The lowest BCUT2D eigenvalue weighted by molar-refractivity contribution is -0.116. The van der Waals surface area contributed by atoms with E-state index in [-0.39, 0.29) is 12.5 Å². The first-order valence-electron chi connectivity index (χ1n) is 9.88. The highest BCUT2D eigenvalue weighted by Gasteiger charge is 2.21. The van der Waals surface area contributed by atoms with Crippen molar-refractivity contribution in [2.45, 2.75) is 58.8 Å². The minimum absolute atomic E-state index is 0.146. The van der Waals surface area contributed by atoms with Crippen molar-refractivity contribution in [2.75, 3.05) is 24.7 Å². The number of amides is 1. The summed E-state index contributed by atoms with van der Waals surface area (Å²) < 4.78 is 25.6. The quantitative estimate of drug-likeness (QED) is 0.648. The summed E-state index contributed by atoms with van der Waals surface area (Å²) >= 11 is 0. The number of anilines is 1. The predicted molar refractivity (Wildman–Crippen MR) is 111 cm³/mol. The first kappa shape index (κ1) is 21.6. The van der Waals surface area contributed by atoms with Crippen molar-refractivity contribution in [3.05, 3.63) is 41.0 Å². The molecule has 0 aromatic heterocycles. The molecule has 1 aliphatic rings. The zero-order chi connectivity index (χ0) is 19.9. The molecule has 5 nitrogen and oxygen atoms in total. The maximum atomic E-state index is 12.6. The summed E-state index contributed by atoms with van der Waals surface area (Å²) in [5, 5.41) is 2.96. The molecule has 150 valence electrons. The second-order valence-electron chi connectivity index (χ2n) is 7.16. The molecule has 1 amide bonds. The molecule has 0 aliphatic heterocycles. The van der Waals surface area contributed by atoms with Crippen LogP contribution in [-0.4, -0.2) is 38.0 Å². The van der Waals surface area contributed by atoms with Gasteiger partial charge in [0.05, 0.1) is 12.8 Å². The van der Waals surface area contributed by atoms with Crippen molar-refractivity contribution in [1.29, 1.82) is 0 Å². The molecule has 6 heteroatoms.